The van der Waals surface area contributed by atoms with Gasteiger partial charge in [-0.05, 0) is 0 Å². The summed E-state index contributed by atoms with van der Waals surface area (Å²) < 4.78 is 6.72. The third kappa shape index (κ3) is 1.52. The van der Waals surface area contributed by atoms with Gasteiger partial charge in [-0.3, -0.25) is 4.68 Å². The van der Waals surface area contributed by atoms with E-state index in [1.165, 1.54) is 0 Å². The first-order valence-corrected chi connectivity index (χ1v) is 2.88. The van der Waals surface area contributed by atoms with Crippen LogP contribution in [0.25, 0.3) is 0 Å². The van der Waals surface area contributed by atoms with E-state index in [0.717, 1.165) is 0 Å². The van der Waals surface area contributed by atoms with Crippen LogP contribution in [0.3, 0.4) is 0 Å². The van der Waals surface area contributed by atoms with Crippen LogP contribution in [0.2, 0.25) is 0 Å². The molecule has 1 aromatic heterocycles. The van der Waals surface area contributed by atoms with Crippen molar-refractivity contribution < 1.29 is 4.74 Å². The quantitative estimate of drug-likeness (QED) is 0.551. The second-order valence-electron chi connectivity index (χ2n) is 1.84. The molecule has 0 aliphatic heterocycles. The van der Waals surface area contributed by atoms with E-state index in [4.69, 9.17) is 11.2 Å². The van der Waals surface area contributed by atoms with Crippen molar-refractivity contribution in [3.63, 3.8) is 0 Å². The second kappa shape index (κ2) is 2.92. The topological polar surface area (TPSA) is 27.1 Å². The Morgan fingerprint density at radius 1 is 1.90 bits per heavy atom. The lowest BCUT2D eigenvalue weighted by atomic mass is 10.6. The molecule has 10 heavy (non-hydrogen) atoms. The standard InChI is InChI=1S/C7H8N2O/c1-3-4-10-7-5-8-9(2)6-7/h1,5-6H,4H2,2H3. The largest absolute Gasteiger partial charge is 0.478 e. The molecule has 1 aromatic rings. The molecule has 0 saturated heterocycles. The van der Waals surface area contributed by atoms with Crippen molar-refractivity contribution in [2.75, 3.05) is 6.61 Å². The van der Waals surface area contributed by atoms with Crippen LogP contribution in [-0.2, 0) is 7.05 Å². The third-order valence-electron chi connectivity index (χ3n) is 1.00. The summed E-state index contributed by atoms with van der Waals surface area (Å²) in [5.74, 6) is 3.07. The van der Waals surface area contributed by atoms with Gasteiger partial charge in [-0.25, -0.2) is 0 Å². The number of aryl methyl sites for hydroxylation is 1. The van der Waals surface area contributed by atoms with E-state index < -0.39 is 0 Å². The van der Waals surface area contributed by atoms with Gasteiger partial charge in [0.25, 0.3) is 0 Å². The number of hydrogen-bond donors (Lipinski definition) is 0. The summed E-state index contributed by atoms with van der Waals surface area (Å²) in [6.45, 7) is 0.297. The summed E-state index contributed by atoms with van der Waals surface area (Å²) in [5.41, 5.74) is 0. The van der Waals surface area contributed by atoms with Crippen molar-refractivity contribution in [1.82, 2.24) is 9.78 Å². The molecule has 0 bridgehead atoms. The molecular formula is C7H8N2O. The maximum Gasteiger partial charge on any atom is 0.158 e. The van der Waals surface area contributed by atoms with Crippen LogP contribution in [0, 0.1) is 12.3 Å². The average Bonchev–Trinajstić information content (AvgIpc) is 2.31. The summed E-state index contributed by atoms with van der Waals surface area (Å²) in [6, 6.07) is 0. The van der Waals surface area contributed by atoms with E-state index >= 15 is 0 Å². The molecule has 52 valence electrons. The number of ether oxygens (including phenoxy) is 1. The number of rotatable bonds is 2. The van der Waals surface area contributed by atoms with Crippen LogP contribution >= 0.6 is 0 Å². The van der Waals surface area contributed by atoms with Gasteiger partial charge >= 0.3 is 0 Å². The summed E-state index contributed by atoms with van der Waals surface area (Å²) in [7, 11) is 1.82. The Balaban J connectivity index is 2.52. The molecule has 1 heterocycles. The van der Waals surface area contributed by atoms with Gasteiger partial charge in [0.15, 0.2) is 5.75 Å². The Kier molecular flexibility index (Phi) is 1.96. The van der Waals surface area contributed by atoms with Gasteiger partial charge < -0.3 is 4.74 Å². The zero-order chi connectivity index (χ0) is 7.40. The lowest BCUT2D eigenvalue weighted by Crippen LogP contribution is -1.91. The normalized spacial score (nSPS) is 8.80. The molecule has 0 radical (unpaired) electrons. The maximum absolute atomic E-state index is 5.06. The van der Waals surface area contributed by atoms with Gasteiger partial charge in [0.05, 0.1) is 12.4 Å². The van der Waals surface area contributed by atoms with Crippen molar-refractivity contribution in [1.29, 1.82) is 0 Å². The fourth-order valence-electron chi connectivity index (χ4n) is 0.598. The zero-order valence-electron chi connectivity index (χ0n) is 5.74. The minimum Gasteiger partial charge on any atom is -0.478 e. The van der Waals surface area contributed by atoms with E-state index in [0.29, 0.717) is 12.4 Å². The van der Waals surface area contributed by atoms with E-state index in [-0.39, 0.29) is 0 Å². The van der Waals surface area contributed by atoms with Crippen LogP contribution in [-0.4, -0.2) is 16.4 Å². The van der Waals surface area contributed by atoms with E-state index in [1.54, 1.807) is 17.1 Å². The van der Waals surface area contributed by atoms with Crippen molar-refractivity contribution in [3.8, 4) is 18.1 Å². The Hall–Kier alpha value is -1.43. The van der Waals surface area contributed by atoms with Gasteiger partial charge in [0, 0.05) is 7.05 Å². The van der Waals surface area contributed by atoms with Gasteiger partial charge in [0.1, 0.15) is 6.61 Å². The SMILES string of the molecule is C#CCOc1cnn(C)c1. The molecule has 0 aromatic carbocycles. The van der Waals surface area contributed by atoms with Gasteiger partial charge in [-0.15, -0.1) is 6.42 Å². The smallest absolute Gasteiger partial charge is 0.158 e. The Morgan fingerprint density at radius 3 is 3.20 bits per heavy atom. The first kappa shape index (κ1) is 6.69. The van der Waals surface area contributed by atoms with Gasteiger partial charge in [-0.2, -0.15) is 5.10 Å². The zero-order valence-corrected chi connectivity index (χ0v) is 5.74. The maximum atomic E-state index is 5.06. The molecule has 1 rings (SSSR count). The molecule has 0 N–H and O–H groups in total. The predicted molar refractivity (Wildman–Crippen MR) is 37.5 cm³/mol. The highest BCUT2D eigenvalue weighted by molar-refractivity contribution is 5.12. The minimum absolute atomic E-state index is 0.297. The Morgan fingerprint density at radius 2 is 2.70 bits per heavy atom. The van der Waals surface area contributed by atoms with Gasteiger partial charge in [-0.1, -0.05) is 5.92 Å². The van der Waals surface area contributed by atoms with Crippen molar-refractivity contribution in [2.24, 2.45) is 7.05 Å². The fourth-order valence-corrected chi connectivity index (χ4v) is 0.598. The van der Waals surface area contributed by atoms with Crippen molar-refractivity contribution in [3.05, 3.63) is 12.4 Å². The molecule has 0 amide bonds. The van der Waals surface area contributed by atoms with Crippen LogP contribution in [0.4, 0.5) is 0 Å². The number of hydrogen-bond acceptors (Lipinski definition) is 2. The number of terminal acetylenes is 1. The second-order valence-corrected chi connectivity index (χ2v) is 1.84. The highest BCUT2D eigenvalue weighted by atomic mass is 16.5. The fraction of sp³-hybridized carbons (Fsp3) is 0.286. The lowest BCUT2D eigenvalue weighted by Gasteiger charge is -1.93. The molecule has 0 saturated carbocycles. The summed E-state index contributed by atoms with van der Waals surface area (Å²) in [4.78, 5) is 0. The molecular weight excluding hydrogens is 128 g/mol. The van der Waals surface area contributed by atoms with E-state index in [1.807, 2.05) is 7.05 Å². The summed E-state index contributed by atoms with van der Waals surface area (Å²) in [6.07, 6.45) is 8.36. The predicted octanol–water partition coefficient (Wildman–Crippen LogP) is 0.432. The van der Waals surface area contributed by atoms with Gasteiger partial charge in [0.2, 0.25) is 0 Å². The van der Waals surface area contributed by atoms with Crippen molar-refractivity contribution >= 4 is 0 Å². The average molecular weight is 136 g/mol. The first-order chi connectivity index (χ1) is 4.83. The van der Waals surface area contributed by atoms with Crippen molar-refractivity contribution in [2.45, 2.75) is 0 Å². The van der Waals surface area contributed by atoms with E-state index in [2.05, 4.69) is 11.0 Å². The Bertz CT molecular complexity index is 246. The highest BCUT2D eigenvalue weighted by Crippen LogP contribution is 2.05. The summed E-state index contributed by atoms with van der Waals surface area (Å²) >= 11 is 0. The Labute approximate surface area is 59.6 Å². The summed E-state index contributed by atoms with van der Waals surface area (Å²) in [5, 5.41) is 3.89. The molecule has 0 unspecified atom stereocenters. The van der Waals surface area contributed by atoms with Crippen LogP contribution < -0.4 is 4.74 Å². The molecule has 0 atom stereocenters. The van der Waals surface area contributed by atoms with Crippen LogP contribution in [0.15, 0.2) is 12.4 Å². The number of aromatic nitrogens is 2. The van der Waals surface area contributed by atoms with Crippen LogP contribution in [0.1, 0.15) is 0 Å². The first-order valence-electron chi connectivity index (χ1n) is 2.88. The third-order valence-corrected chi connectivity index (χ3v) is 1.00. The van der Waals surface area contributed by atoms with E-state index in [9.17, 15) is 0 Å². The van der Waals surface area contributed by atoms with Crippen LogP contribution in [0.5, 0.6) is 5.75 Å². The molecule has 3 heteroatoms. The number of nitrogens with zero attached hydrogens (tertiary/aromatic N) is 2. The molecule has 0 fully saturated rings. The molecule has 0 aliphatic rings. The minimum atomic E-state index is 0.297. The monoisotopic (exact) mass is 136 g/mol. The molecule has 3 nitrogen and oxygen atoms in total. The molecule has 0 spiro atoms. The molecule has 0 aliphatic carbocycles. The highest BCUT2D eigenvalue weighted by Gasteiger charge is 1.92. The lowest BCUT2D eigenvalue weighted by molar-refractivity contribution is 0.370.